The van der Waals surface area contributed by atoms with Crippen molar-refractivity contribution in [2.24, 2.45) is 11.3 Å². The zero-order valence-electron chi connectivity index (χ0n) is 19.2. The molecule has 5 heteroatoms. The number of likely N-dealkylation sites (tertiary alicyclic amines) is 1. The summed E-state index contributed by atoms with van der Waals surface area (Å²) >= 11 is 0. The molecule has 5 aliphatic carbocycles. The summed E-state index contributed by atoms with van der Waals surface area (Å²) in [7, 11) is 1.81. The third-order valence-electron chi connectivity index (χ3n) is 10.9. The highest BCUT2D eigenvalue weighted by Crippen LogP contribution is 2.81. The molecule has 2 aliphatic heterocycles. The van der Waals surface area contributed by atoms with E-state index in [9.17, 15) is 10.2 Å². The zero-order chi connectivity index (χ0) is 21.6. The van der Waals surface area contributed by atoms with Crippen LogP contribution >= 0.6 is 0 Å². The Morgan fingerprint density at radius 2 is 1.97 bits per heavy atom. The van der Waals surface area contributed by atoms with E-state index in [-0.39, 0.29) is 22.5 Å². The van der Waals surface area contributed by atoms with Gasteiger partial charge in [-0.15, -0.1) is 0 Å². The summed E-state index contributed by atoms with van der Waals surface area (Å²) in [6, 6.07) is 5.17. The van der Waals surface area contributed by atoms with Gasteiger partial charge in [0.1, 0.15) is 11.2 Å². The second-order valence-electron chi connectivity index (χ2n) is 12.1. The first-order valence-corrected chi connectivity index (χ1v) is 12.2. The van der Waals surface area contributed by atoms with E-state index in [0.717, 1.165) is 44.7 Å². The second kappa shape index (κ2) is 5.26. The van der Waals surface area contributed by atoms with E-state index in [4.69, 9.17) is 9.47 Å². The summed E-state index contributed by atoms with van der Waals surface area (Å²) in [5, 5.41) is 22.4. The van der Waals surface area contributed by atoms with Gasteiger partial charge in [0.2, 0.25) is 0 Å². The van der Waals surface area contributed by atoms with Crippen LogP contribution < -0.4 is 4.74 Å². The van der Waals surface area contributed by atoms with Gasteiger partial charge >= 0.3 is 0 Å². The molecule has 2 unspecified atom stereocenters. The van der Waals surface area contributed by atoms with Gasteiger partial charge in [-0.1, -0.05) is 6.07 Å². The van der Waals surface area contributed by atoms with Gasteiger partial charge < -0.3 is 19.7 Å². The molecule has 1 aromatic carbocycles. The number of ether oxygens (including phenoxy) is 2. The summed E-state index contributed by atoms with van der Waals surface area (Å²) in [4.78, 5) is 2.83. The highest BCUT2D eigenvalue weighted by Gasteiger charge is 2.86. The Morgan fingerprint density at radius 3 is 2.65 bits per heavy atom. The number of fused-ring (bicyclic) bond motifs is 2. The normalized spacial score (nSPS) is 47.3. The molecule has 0 amide bonds. The van der Waals surface area contributed by atoms with Gasteiger partial charge in [-0.3, -0.25) is 4.90 Å². The molecule has 4 saturated carbocycles. The lowest BCUT2D eigenvalue weighted by Crippen LogP contribution is -2.87. The van der Waals surface area contributed by atoms with Gasteiger partial charge in [0.25, 0.3) is 0 Å². The molecule has 168 valence electrons. The lowest BCUT2D eigenvalue weighted by Gasteiger charge is -2.78. The summed E-state index contributed by atoms with van der Waals surface area (Å²) in [6.07, 6.45) is 7.68. The maximum Gasteiger partial charge on any atom is 0.166 e. The van der Waals surface area contributed by atoms with Crippen molar-refractivity contribution in [2.75, 3.05) is 13.7 Å². The lowest BCUT2D eigenvalue weighted by molar-refractivity contribution is -0.336. The summed E-state index contributed by atoms with van der Waals surface area (Å²) in [6.45, 7) is 7.25. The summed E-state index contributed by atoms with van der Waals surface area (Å²) in [5.41, 5.74) is 0.438. The van der Waals surface area contributed by atoms with E-state index in [1.807, 2.05) is 27.0 Å². The van der Waals surface area contributed by atoms with Crippen LogP contribution in [0.1, 0.15) is 70.4 Å². The van der Waals surface area contributed by atoms with Crippen LogP contribution in [0, 0.1) is 11.3 Å². The predicted molar refractivity (Wildman–Crippen MR) is 116 cm³/mol. The number of aromatic hydroxyl groups is 1. The molecule has 7 aliphatic rings. The zero-order valence-corrected chi connectivity index (χ0v) is 19.2. The molecule has 0 aromatic heterocycles. The molecule has 5 nitrogen and oxygen atoms in total. The Morgan fingerprint density at radius 1 is 1.19 bits per heavy atom. The number of rotatable bonds is 3. The van der Waals surface area contributed by atoms with E-state index < -0.39 is 16.8 Å². The van der Waals surface area contributed by atoms with Crippen LogP contribution in [-0.4, -0.2) is 57.7 Å². The Kier molecular flexibility index (Phi) is 3.26. The van der Waals surface area contributed by atoms with Crippen molar-refractivity contribution in [3.8, 4) is 11.5 Å². The molecule has 8 rings (SSSR count). The number of piperidine rings is 1. The minimum atomic E-state index is -0.868. The average Bonchev–Trinajstić information content (AvgIpc) is 3.50. The Hall–Kier alpha value is -1.30. The number of nitrogens with zero attached hydrogens (tertiary/aromatic N) is 1. The fourth-order valence-electron chi connectivity index (χ4n) is 9.82. The number of phenols is 1. The van der Waals surface area contributed by atoms with Crippen molar-refractivity contribution < 1.29 is 19.7 Å². The minimum absolute atomic E-state index is 0.0171. The van der Waals surface area contributed by atoms with Crippen molar-refractivity contribution in [3.63, 3.8) is 0 Å². The van der Waals surface area contributed by atoms with Gasteiger partial charge in [-0.2, -0.15) is 0 Å². The Bertz CT molecular complexity index is 998. The largest absolute Gasteiger partial charge is 0.504 e. The molecule has 2 spiro atoms. The number of hydrogen-bond acceptors (Lipinski definition) is 5. The number of hydrogen-bond donors (Lipinski definition) is 2. The van der Waals surface area contributed by atoms with E-state index in [0.29, 0.717) is 11.8 Å². The predicted octanol–water partition coefficient (Wildman–Crippen LogP) is 3.53. The molecule has 4 bridgehead atoms. The smallest absolute Gasteiger partial charge is 0.166 e. The van der Waals surface area contributed by atoms with Crippen molar-refractivity contribution in [3.05, 3.63) is 23.3 Å². The molecule has 6 atom stereocenters. The van der Waals surface area contributed by atoms with Gasteiger partial charge in [-0.25, -0.2) is 0 Å². The van der Waals surface area contributed by atoms with Gasteiger partial charge in [0.15, 0.2) is 11.5 Å². The first kappa shape index (κ1) is 19.2. The summed E-state index contributed by atoms with van der Waals surface area (Å²) < 4.78 is 13.4. The third kappa shape index (κ3) is 1.76. The van der Waals surface area contributed by atoms with Crippen LogP contribution in [0.4, 0.5) is 0 Å². The molecule has 2 heterocycles. The van der Waals surface area contributed by atoms with Crippen LogP contribution in [-0.2, 0) is 16.6 Å². The molecule has 1 saturated heterocycles. The average molecular weight is 426 g/mol. The van der Waals surface area contributed by atoms with Crippen LogP contribution in [0.25, 0.3) is 0 Å². The second-order valence-corrected chi connectivity index (χ2v) is 12.1. The molecule has 1 aromatic rings. The van der Waals surface area contributed by atoms with Crippen LogP contribution in [0.15, 0.2) is 12.1 Å². The SMILES string of the molecule is COC12CCC3(C[C@@H]1C(C)(C)O)[C@H]1Cc4ccc(O)c5c4[C@@]3(CCN1C1CC1)[C@]2(C)O5. The minimum Gasteiger partial charge on any atom is -0.504 e. The topological polar surface area (TPSA) is 62.2 Å². The van der Waals surface area contributed by atoms with Crippen molar-refractivity contribution in [1.29, 1.82) is 0 Å². The van der Waals surface area contributed by atoms with E-state index in [2.05, 4.69) is 17.9 Å². The molecule has 0 radical (unpaired) electrons. The first-order chi connectivity index (χ1) is 14.7. The fourth-order valence-corrected chi connectivity index (χ4v) is 9.82. The fraction of sp³-hybridized carbons (Fsp3) is 0.769. The molecule has 5 fully saturated rings. The third-order valence-corrected chi connectivity index (χ3v) is 10.9. The molecule has 2 N–H and O–H groups in total. The van der Waals surface area contributed by atoms with E-state index in [1.165, 1.54) is 24.0 Å². The number of benzene rings is 1. The van der Waals surface area contributed by atoms with Gasteiger partial charge in [0, 0.05) is 36.1 Å². The lowest BCUT2D eigenvalue weighted by atomic mass is 9.30. The quantitative estimate of drug-likeness (QED) is 0.776. The number of methoxy groups -OCH3 is 1. The standard InChI is InChI=1S/C26H35NO4/c1-22(2,29)18-14-24-9-10-26(18,30-4)23(3)25(24)11-12-27(16-6-7-16)19(24)13-15-5-8-17(28)21(31-23)20(15)25/h5,8,16,18-19,28-29H,6-7,9-14H2,1-4H3/t18-,19-,23+,24?,25+,26?/m1/s1. The van der Waals surface area contributed by atoms with Gasteiger partial charge in [-0.05, 0) is 83.9 Å². The Labute approximate surface area is 184 Å². The van der Waals surface area contributed by atoms with E-state index in [1.54, 1.807) is 0 Å². The van der Waals surface area contributed by atoms with Crippen molar-refractivity contribution in [2.45, 2.75) is 100 Å². The molecular weight excluding hydrogens is 390 g/mol. The molecular formula is C26H35NO4. The monoisotopic (exact) mass is 425 g/mol. The van der Waals surface area contributed by atoms with Crippen LogP contribution in [0.2, 0.25) is 0 Å². The maximum atomic E-state index is 11.4. The van der Waals surface area contributed by atoms with E-state index >= 15 is 0 Å². The highest BCUT2D eigenvalue weighted by molar-refractivity contribution is 5.65. The van der Waals surface area contributed by atoms with Crippen LogP contribution in [0.3, 0.4) is 0 Å². The number of phenolic OH excluding ortho intramolecular Hbond substituents is 1. The van der Waals surface area contributed by atoms with Crippen molar-refractivity contribution >= 4 is 0 Å². The maximum absolute atomic E-state index is 11.4. The van der Waals surface area contributed by atoms with Crippen molar-refractivity contribution in [1.82, 2.24) is 4.90 Å². The van der Waals surface area contributed by atoms with Gasteiger partial charge in [0.05, 0.1) is 11.0 Å². The summed E-state index contributed by atoms with van der Waals surface area (Å²) in [5.74, 6) is 0.936. The first-order valence-electron chi connectivity index (χ1n) is 12.2. The number of aliphatic hydroxyl groups is 1. The highest BCUT2D eigenvalue weighted by atomic mass is 16.6. The Balaban J connectivity index is 1.57. The van der Waals surface area contributed by atoms with Crippen LogP contribution in [0.5, 0.6) is 11.5 Å². The molecule has 31 heavy (non-hydrogen) atoms.